The maximum atomic E-state index is 12.8. The van der Waals surface area contributed by atoms with Crippen molar-refractivity contribution in [3.05, 3.63) is 30.1 Å². The van der Waals surface area contributed by atoms with E-state index >= 15 is 0 Å². The molecule has 1 aromatic heterocycles. The van der Waals surface area contributed by atoms with Crippen LogP contribution in [0.3, 0.4) is 0 Å². The van der Waals surface area contributed by atoms with Crippen molar-refractivity contribution in [2.24, 2.45) is 5.92 Å². The van der Waals surface area contributed by atoms with Crippen LogP contribution in [-0.4, -0.2) is 70.3 Å². The minimum Gasteiger partial charge on any atom is -0.340 e. The highest BCUT2D eigenvalue weighted by Gasteiger charge is 2.38. The smallest absolute Gasteiger partial charge is 0.240 e. The quantitative estimate of drug-likeness (QED) is 0.821. The summed E-state index contributed by atoms with van der Waals surface area (Å²) in [4.78, 5) is 35.8. The molecule has 1 saturated carbocycles. The highest BCUT2D eigenvalue weighted by molar-refractivity contribution is 5.84. The van der Waals surface area contributed by atoms with Crippen LogP contribution in [0.25, 0.3) is 0 Å². The van der Waals surface area contributed by atoms with Gasteiger partial charge < -0.3 is 9.80 Å². The van der Waals surface area contributed by atoms with Gasteiger partial charge in [-0.2, -0.15) is 0 Å². The molecule has 0 aromatic carbocycles. The molecule has 1 unspecified atom stereocenters. The summed E-state index contributed by atoms with van der Waals surface area (Å²) in [5.74, 6) is 0.826. The van der Waals surface area contributed by atoms with E-state index in [-0.39, 0.29) is 17.9 Å². The van der Waals surface area contributed by atoms with E-state index in [0.29, 0.717) is 12.5 Å². The molecule has 0 radical (unpaired) electrons. The first-order valence-corrected chi connectivity index (χ1v) is 9.93. The van der Waals surface area contributed by atoms with Crippen LogP contribution in [0.5, 0.6) is 0 Å². The Balaban J connectivity index is 1.29. The van der Waals surface area contributed by atoms with Crippen molar-refractivity contribution in [2.75, 3.05) is 32.7 Å². The fraction of sp³-hybridized carbons (Fsp3) is 0.650. The van der Waals surface area contributed by atoms with Crippen molar-refractivity contribution in [1.29, 1.82) is 0 Å². The topological polar surface area (TPSA) is 56.8 Å². The number of carbonyl (C=O) groups excluding carboxylic acids is 2. The summed E-state index contributed by atoms with van der Waals surface area (Å²) in [5, 5.41) is 0. The van der Waals surface area contributed by atoms with Crippen LogP contribution in [0.2, 0.25) is 0 Å². The lowest BCUT2D eigenvalue weighted by Gasteiger charge is -2.38. The molecule has 6 nitrogen and oxygen atoms in total. The number of pyridine rings is 1. The lowest BCUT2D eigenvalue weighted by atomic mass is 10.1. The summed E-state index contributed by atoms with van der Waals surface area (Å²) in [6, 6.07) is 3.91. The molecular formula is C20H28N4O2. The maximum Gasteiger partial charge on any atom is 0.240 e. The van der Waals surface area contributed by atoms with Gasteiger partial charge in [0.2, 0.25) is 11.8 Å². The Labute approximate surface area is 155 Å². The van der Waals surface area contributed by atoms with Gasteiger partial charge >= 0.3 is 0 Å². The molecule has 0 N–H and O–H groups in total. The fourth-order valence-electron chi connectivity index (χ4n) is 4.62. The van der Waals surface area contributed by atoms with Gasteiger partial charge in [-0.05, 0) is 30.9 Å². The molecule has 26 heavy (non-hydrogen) atoms. The molecule has 1 aliphatic carbocycles. The standard InChI is InChI=1S/C20H28N4O2/c25-19(17-5-1-2-6-17)23-12-10-22(11-13-23)18-7-9-24(20(18)26)15-16-4-3-8-21-14-16/h3-4,8,14,17-18H,1-2,5-7,9-13,15H2. The van der Waals surface area contributed by atoms with Crippen molar-refractivity contribution >= 4 is 11.8 Å². The Hall–Kier alpha value is -1.95. The number of nitrogens with zero attached hydrogens (tertiary/aromatic N) is 4. The van der Waals surface area contributed by atoms with Gasteiger partial charge in [0.25, 0.3) is 0 Å². The molecular weight excluding hydrogens is 328 g/mol. The second-order valence-corrected chi connectivity index (χ2v) is 7.77. The van der Waals surface area contributed by atoms with Gasteiger partial charge in [-0.3, -0.25) is 19.5 Å². The maximum absolute atomic E-state index is 12.8. The van der Waals surface area contributed by atoms with E-state index in [1.54, 1.807) is 6.20 Å². The first kappa shape index (κ1) is 17.5. The first-order chi connectivity index (χ1) is 12.7. The zero-order valence-corrected chi connectivity index (χ0v) is 15.3. The van der Waals surface area contributed by atoms with Gasteiger partial charge in [-0.25, -0.2) is 0 Å². The number of hydrogen-bond acceptors (Lipinski definition) is 4. The zero-order valence-electron chi connectivity index (χ0n) is 15.3. The minimum atomic E-state index is -0.0181. The van der Waals surface area contributed by atoms with Crippen LogP contribution in [-0.2, 0) is 16.1 Å². The van der Waals surface area contributed by atoms with E-state index in [0.717, 1.165) is 57.5 Å². The lowest BCUT2D eigenvalue weighted by Crippen LogP contribution is -2.54. The van der Waals surface area contributed by atoms with E-state index in [9.17, 15) is 9.59 Å². The number of likely N-dealkylation sites (tertiary alicyclic amines) is 1. The predicted molar refractivity (Wildman–Crippen MR) is 98.2 cm³/mol. The average Bonchev–Trinajstić information content (AvgIpc) is 3.33. The summed E-state index contributed by atoms with van der Waals surface area (Å²) in [5.41, 5.74) is 1.08. The molecule has 1 aromatic rings. The number of carbonyl (C=O) groups is 2. The molecule has 2 amide bonds. The van der Waals surface area contributed by atoms with Crippen molar-refractivity contribution in [2.45, 2.75) is 44.7 Å². The highest BCUT2D eigenvalue weighted by atomic mass is 16.2. The molecule has 3 heterocycles. The molecule has 0 bridgehead atoms. The predicted octanol–water partition coefficient (Wildman–Crippen LogP) is 1.52. The van der Waals surface area contributed by atoms with Gasteiger partial charge in [0.15, 0.2) is 0 Å². The van der Waals surface area contributed by atoms with E-state index in [4.69, 9.17) is 0 Å². The van der Waals surface area contributed by atoms with Gasteiger partial charge in [0.05, 0.1) is 6.04 Å². The van der Waals surface area contributed by atoms with Gasteiger partial charge in [0, 0.05) is 57.6 Å². The number of hydrogen-bond donors (Lipinski definition) is 0. The summed E-state index contributed by atoms with van der Waals surface area (Å²) in [6.45, 7) is 4.61. The number of aromatic nitrogens is 1. The van der Waals surface area contributed by atoms with Gasteiger partial charge in [-0.15, -0.1) is 0 Å². The van der Waals surface area contributed by atoms with Crippen LogP contribution < -0.4 is 0 Å². The zero-order chi connectivity index (χ0) is 17.9. The van der Waals surface area contributed by atoms with Crippen LogP contribution in [0.15, 0.2) is 24.5 Å². The normalized spacial score (nSPS) is 25.2. The monoisotopic (exact) mass is 356 g/mol. The minimum absolute atomic E-state index is 0.0181. The van der Waals surface area contributed by atoms with Gasteiger partial charge in [0.1, 0.15) is 0 Å². The third-order valence-corrected chi connectivity index (χ3v) is 6.14. The van der Waals surface area contributed by atoms with Crippen molar-refractivity contribution in [1.82, 2.24) is 19.7 Å². The van der Waals surface area contributed by atoms with Crippen molar-refractivity contribution < 1.29 is 9.59 Å². The van der Waals surface area contributed by atoms with Crippen LogP contribution in [0.1, 0.15) is 37.7 Å². The molecule has 140 valence electrons. The van der Waals surface area contributed by atoms with Crippen LogP contribution >= 0.6 is 0 Å². The Morgan fingerprint density at radius 3 is 2.54 bits per heavy atom. The summed E-state index contributed by atoms with van der Waals surface area (Å²) in [6.07, 6.45) is 8.97. The average molecular weight is 356 g/mol. The number of piperazine rings is 1. The molecule has 3 aliphatic rings. The van der Waals surface area contributed by atoms with E-state index < -0.39 is 0 Å². The molecule has 4 rings (SSSR count). The molecule has 2 aliphatic heterocycles. The number of rotatable bonds is 4. The fourth-order valence-corrected chi connectivity index (χ4v) is 4.62. The Kier molecular flexibility index (Phi) is 5.20. The van der Waals surface area contributed by atoms with Crippen LogP contribution in [0.4, 0.5) is 0 Å². The van der Waals surface area contributed by atoms with Crippen molar-refractivity contribution in [3.8, 4) is 0 Å². The second-order valence-electron chi connectivity index (χ2n) is 7.77. The largest absolute Gasteiger partial charge is 0.340 e. The van der Waals surface area contributed by atoms with Gasteiger partial charge in [-0.1, -0.05) is 18.9 Å². The summed E-state index contributed by atoms with van der Waals surface area (Å²) in [7, 11) is 0. The Bertz CT molecular complexity index is 636. The number of amides is 2. The Morgan fingerprint density at radius 2 is 1.85 bits per heavy atom. The molecule has 3 fully saturated rings. The first-order valence-electron chi connectivity index (χ1n) is 9.93. The third-order valence-electron chi connectivity index (χ3n) is 6.14. The summed E-state index contributed by atoms with van der Waals surface area (Å²) < 4.78 is 0. The Morgan fingerprint density at radius 1 is 1.08 bits per heavy atom. The second kappa shape index (κ2) is 7.74. The molecule has 0 spiro atoms. The lowest BCUT2D eigenvalue weighted by molar-refractivity contribution is -0.138. The third kappa shape index (κ3) is 3.61. The van der Waals surface area contributed by atoms with E-state index in [2.05, 4.69) is 9.88 Å². The van der Waals surface area contributed by atoms with Crippen molar-refractivity contribution in [3.63, 3.8) is 0 Å². The SMILES string of the molecule is O=C(C1CCCC1)N1CCN(C2CCN(Cc3cccnc3)C2=O)CC1. The molecule has 6 heteroatoms. The van der Waals surface area contributed by atoms with E-state index in [1.165, 1.54) is 12.8 Å². The highest BCUT2D eigenvalue weighted by Crippen LogP contribution is 2.27. The summed E-state index contributed by atoms with van der Waals surface area (Å²) >= 11 is 0. The van der Waals surface area contributed by atoms with Crippen LogP contribution in [0, 0.1) is 5.92 Å². The van der Waals surface area contributed by atoms with E-state index in [1.807, 2.05) is 28.1 Å². The molecule has 1 atom stereocenters. The molecule has 2 saturated heterocycles.